The van der Waals surface area contributed by atoms with E-state index in [2.05, 4.69) is 5.32 Å². The van der Waals surface area contributed by atoms with Crippen molar-refractivity contribution in [3.63, 3.8) is 0 Å². The van der Waals surface area contributed by atoms with Gasteiger partial charge in [0.25, 0.3) is 0 Å². The molecule has 0 aliphatic heterocycles. The lowest BCUT2D eigenvalue weighted by Gasteiger charge is -2.22. The zero-order valence-electron chi connectivity index (χ0n) is 16.9. The first kappa shape index (κ1) is 22.2. The minimum atomic E-state index is -1.05. The molecule has 1 aliphatic rings. The molecule has 1 saturated carbocycles. The molecule has 1 aromatic rings. The van der Waals surface area contributed by atoms with Gasteiger partial charge in [-0.1, -0.05) is 45.2 Å². The summed E-state index contributed by atoms with van der Waals surface area (Å²) in [5.74, 6) is -0.497. The molecule has 6 heteroatoms. The van der Waals surface area contributed by atoms with Crippen LogP contribution in [0.15, 0.2) is 24.3 Å². The Labute approximate surface area is 167 Å². The number of benzene rings is 1. The molecule has 0 aromatic heterocycles. The Hall–Kier alpha value is -2.08. The standard InChI is InChI=1S/C22H33NO5/c1-15(2)12-19(21(24)25)23-20(22(26)27)13-16-8-10-18(11-9-16)28-14-17-6-4-3-5-7-17/h8-11,15,17,19-20,23H,3-7,12-14H2,1-2H3,(H,24,25)(H,26,27)/t19-,20-/m0/s1. The number of nitrogens with one attached hydrogen (secondary N) is 1. The molecule has 1 aromatic carbocycles. The molecule has 0 saturated heterocycles. The van der Waals surface area contributed by atoms with Crippen molar-refractivity contribution in [3.05, 3.63) is 29.8 Å². The smallest absolute Gasteiger partial charge is 0.321 e. The minimum absolute atomic E-state index is 0.156. The molecule has 0 bridgehead atoms. The topological polar surface area (TPSA) is 95.9 Å². The predicted octanol–water partition coefficient (Wildman–Crippen LogP) is 3.73. The minimum Gasteiger partial charge on any atom is -0.493 e. The van der Waals surface area contributed by atoms with E-state index in [1.54, 1.807) is 0 Å². The van der Waals surface area contributed by atoms with Crippen molar-refractivity contribution in [2.24, 2.45) is 11.8 Å². The van der Waals surface area contributed by atoms with Crippen LogP contribution >= 0.6 is 0 Å². The molecule has 0 spiro atoms. The quantitative estimate of drug-likeness (QED) is 0.532. The van der Waals surface area contributed by atoms with Crippen molar-refractivity contribution in [3.8, 4) is 5.75 Å². The highest BCUT2D eigenvalue weighted by Gasteiger charge is 2.26. The maximum atomic E-state index is 11.6. The van der Waals surface area contributed by atoms with Gasteiger partial charge in [0.1, 0.15) is 17.8 Å². The van der Waals surface area contributed by atoms with Crippen molar-refractivity contribution in [1.82, 2.24) is 5.32 Å². The van der Waals surface area contributed by atoms with E-state index < -0.39 is 24.0 Å². The van der Waals surface area contributed by atoms with Gasteiger partial charge in [-0.3, -0.25) is 14.9 Å². The Balaban J connectivity index is 1.91. The molecule has 0 heterocycles. The van der Waals surface area contributed by atoms with Crippen LogP contribution in [0.2, 0.25) is 0 Å². The van der Waals surface area contributed by atoms with Gasteiger partial charge in [-0.25, -0.2) is 0 Å². The Morgan fingerprint density at radius 3 is 2.18 bits per heavy atom. The molecule has 0 amide bonds. The zero-order chi connectivity index (χ0) is 20.5. The van der Waals surface area contributed by atoms with Crippen molar-refractivity contribution < 1.29 is 24.5 Å². The average molecular weight is 392 g/mol. The molecular formula is C22H33NO5. The fraction of sp³-hybridized carbons (Fsp3) is 0.636. The highest BCUT2D eigenvalue weighted by molar-refractivity contribution is 5.77. The first-order chi connectivity index (χ1) is 13.3. The second kappa shape index (κ2) is 11.1. The molecule has 0 radical (unpaired) electrons. The van der Waals surface area contributed by atoms with Crippen LogP contribution in [0.4, 0.5) is 0 Å². The first-order valence-corrected chi connectivity index (χ1v) is 10.3. The fourth-order valence-corrected chi connectivity index (χ4v) is 3.70. The number of rotatable bonds is 11. The van der Waals surface area contributed by atoms with E-state index in [9.17, 15) is 19.8 Å². The van der Waals surface area contributed by atoms with E-state index in [1.165, 1.54) is 32.1 Å². The number of ether oxygens (including phenoxy) is 1. The lowest BCUT2D eigenvalue weighted by molar-refractivity contribution is -0.142. The first-order valence-electron chi connectivity index (χ1n) is 10.3. The van der Waals surface area contributed by atoms with Gasteiger partial charge in [0, 0.05) is 0 Å². The van der Waals surface area contributed by atoms with Gasteiger partial charge in [0.2, 0.25) is 0 Å². The van der Waals surface area contributed by atoms with E-state index in [-0.39, 0.29) is 12.3 Å². The number of carbonyl (C=O) groups is 2. The monoisotopic (exact) mass is 391 g/mol. The van der Waals surface area contributed by atoms with E-state index in [0.717, 1.165) is 17.9 Å². The predicted molar refractivity (Wildman–Crippen MR) is 108 cm³/mol. The van der Waals surface area contributed by atoms with Gasteiger partial charge >= 0.3 is 11.9 Å². The molecule has 1 aliphatic carbocycles. The van der Waals surface area contributed by atoms with E-state index in [0.29, 0.717) is 12.3 Å². The molecule has 2 rings (SSSR count). The van der Waals surface area contributed by atoms with E-state index in [1.807, 2.05) is 38.1 Å². The number of aliphatic carboxylic acids is 2. The highest BCUT2D eigenvalue weighted by atomic mass is 16.5. The van der Waals surface area contributed by atoms with Gasteiger partial charge in [-0.05, 0) is 55.2 Å². The summed E-state index contributed by atoms with van der Waals surface area (Å²) in [6.07, 6.45) is 6.95. The second-order valence-corrected chi connectivity index (χ2v) is 8.24. The van der Waals surface area contributed by atoms with Crippen LogP contribution < -0.4 is 10.1 Å². The summed E-state index contributed by atoms with van der Waals surface area (Å²) in [7, 11) is 0. The summed E-state index contributed by atoms with van der Waals surface area (Å²) in [6.45, 7) is 4.56. The SMILES string of the molecule is CC(C)C[C@H](N[C@@H](Cc1ccc(OCC2CCCCC2)cc1)C(=O)O)C(=O)O. The lowest BCUT2D eigenvalue weighted by atomic mass is 9.90. The molecule has 156 valence electrons. The van der Waals surface area contributed by atoms with Crippen LogP contribution in [0.1, 0.15) is 57.9 Å². The molecule has 1 fully saturated rings. The molecule has 2 atom stereocenters. The van der Waals surface area contributed by atoms with Crippen molar-refractivity contribution >= 4 is 11.9 Å². The Kier molecular flexibility index (Phi) is 8.77. The molecule has 6 nitrogen and oxygen atoms in total. The second-order valence-electron chi connectivity index (χ2n) is 8.24. The summed E-state index contributed by atoms with van der Waals surface area (Å²) >= 11 is 0. The third kappa shape index (κ3) is 7.50. The van der Waals surface area contributed by atoms with Gasteiger partial charge in [-0.15, -0.1) is 0 Å². The van der Waals surface area contributed by atoms with Gasteiger partial charge in [0.15, 0.2) is 0 Å². The molecule has 3 N–H and O–H groups in total. The average Bonchev–Trinajstić information content (AvgIpc) is 2.66. The van der Waals surface area contributed by atoms with Gasteiger partial charge in [0.05, 0.1) is 6.61 Å². The summed E-state index contributed by atoms with van der Waals surface area (Å²) in [5, 5.41) is 21.6. The third-order valence-corrected chi connectivity index (χ3v) is 5.28. The highest BCUT2D eigenvalue weighted by Crippen LogP contribution is 2.24. The maximum Gasteiger partial charge on any atom is 0.321 e. The largest absolute Gasteiger partial charge is 0.493 e. The van der Waals surface area contributed by atoms with Crippen LogP contribution in [0.5, 0.6) is 5.75 Å². The number of carboxylic acids is 2. The fourth-order valence-electron chi connectivity index (χ4n) is 3.70. The summed E-state index contributed by atoms with van der Waals surface area (Å²) < 4.78 is 5.88. The summed E-state index contributed by atoms with van der Waals surface area (Å²) in [5.41, 5.74) is 0.832. The van der Waals surface area contributed by atoms with Crippen molar-refractivity contribution in [2.75, 3.05) is 6.61 Å². The van der Waals surface area contributed by atoms with Crippen LogP contribution in [0.3, 0.4) is 0 Å². The van der Waals surface area contributed by atoms with Crippen LogP contribution in [-0.4, -0.2) is 40.8 Å². The number of hydrogen-bond donors (Lipinski definition) is 3. The molecule has 28 heavy (non-hydrogen) atoms. The number of carboxylic acid groups (broad SMARTS) is 2. The Morgan fingerprint density at radius 2 is 1.64 bits per heavy atom. The van der Waals surface area contributed by atoms with E-state index in [4.69, 9.17) is 4.74 Å². The Morgan fingerprint density at radius 1 is 1.04 bits per heavy atom. The third-order valence-electron chi connectivity index (χ3n) is 5.28. The number of hydrogen-bond acceptors (Lipinski definition) is 4. The molecule has 0 unspecified atom stereocenters. The zero-order valence-corrected chi connectivity index (χ0v) is 16.9. The van der Waals surface area contributed by atoms with Crippen molar-refractivity contribution in [1.29, 1.82) is 0 Å². The lowest BCUT2D eigenvalue weighted by Crippen LogP contribution is -2.48. The van der Waals surface area contributed by atoms with Gasteiger partial charge in [-0.2, -0.15) is 0 Å². The van der Waals surface area contributed by atoms with Gasteiger partial charge < -0.3 is 14.9 Å². The van der Waals surface area contributed by atoms with Crippen LogP contribution in [0.25, 0.3) is 0 Å². The Bertz CT molecular complexity index is 622. The molecular weight excluding hydrogens is 358 g/mol. The summed E-state index contributed by atoms with van der Waals surface area (Å²) in [4.78, 5) is 23.0. The van der Waals surface area contributed by atoms with Crippen LogP contribution in [-0.2, 0) is 16.0 Å². The summed E-state index contributed by atoms with van der Waals surface area (Å²) in [6, 6.07) is 5.60. The normalized spacial score (nSPS) is 17.2. The van der Waals surface area contributed by atoms with Crippen molar-refractivity contribution in [2.45, 2.75) is 70.9 Å². The maximum absolute atomic E-state index is 11.6. The van der Waals surface area contributed by atoms with Crippen LogP contribution in [0, 0.1) is 11.8 Å². The van der Waals surface area contributed by atoms with E-state index >= 15 is 0 Å².